The van der Waals surface area contributed by atoms with E-state index in [-0.39, 0.29) is 12.2 Å². The average Bonchev–Trinajstić information content (AvgIpc) is 3.39. The molecule has 190 valence electrons. The van der Waals surface area contributed by atoms with Crippen LogP contribution in [-0.2, 0) is 12.8 Å². The number of benzene rings is 2. The molecule has 1 spiro atoms. The van der Waals surface area contributed by atoms with Gasteiger partial charge >= 0.3 is 0 Å². The highest BCUT2D eigenvalue weighted by molar-refractivity contribution is 5.83. The molecule has 1 saturated carbocycles. The quantitative estimate of drug-likeness (QED) is 0.344. The minimum absolute atomic E-state index is 0.0400. The Balaban J connectivity index is 1.36. The van der Waals surface area contributed by atoms with E-state index in [0.29, 0.717) is 39.0 Å². The highest BCUT2D eigenvalue weighted by Crippen LogP contribution is 2.66. The number of aryl methyl sites for hydroxylation is 2. The number of halogens is 3. The van der Waals surface area contributed by atoms with E-state index >= 15 is 0 Å². The highest BCUT2D eigenvalue weighted by Gasteiger charge is 2.70. The first-order valence-electron chi connectivity index (χ1n) is 12.8. The van der Waals surface area contributed by atoms with Crippen molar-refractivity contribution in [3.63, 3.8) is 0 Å². The predicted octanol–water partition coefficient (Wildman–Crippen LogP) is 7.31. The number of piperidine rings is 1. The van der Waals surface area contributed by atoms with Gasteiger partial charge in [0.15, 0.2) is 0 Å². The van der Waals surface area contributed by atoms with Crippen LogP contribution in [0.4, 0.5) is 18.9 Å². The second-order valence-electron chi connectivity index (χ2n) is 10.2. The third-order valence-corrected chi connectivity index (χ3v) is 7.97. The van der Waals surface area contributed by atoms with Crippen LogP contribution in [0.15, 0.2) is 48.5 Å². The number of rotatable bonds is 7. The Hall–Kier alpha value is -3.02. The molecule has 2 fully saturated rings. The van der Waals surface area contributed by atoms with E-state index in [2.05, 4.69) is 24.0 Å². The Kier molecular flexibility index (Phi) is 6.48. The molecule has 1 aliphatic carbocycles. The van der Waals surface area contributed by atoms with Gasteiger partial charge in [0.1, 0.15) is 11.6 Å². The molecule has 1 saturated heterocycles. The normalized spacial score (nSPS) is 17.9. The largest absolute Gasteiger partial charge is 0.493 e. The molecule has 0 N–H and O–H groups in total. The summed E-state index contributed by atoms with van der Waals surface area (Å²) in [6, 6.07) is 14.5. The topological polar surface area (TPSA) is 25.4 Å². The average molecular weight is 495 g/mol. The molecule has 2 heterocycles. The molecular weight excluding hydrogens is 461 g/mol. The maximum absolute atomic E-state index is 14.0. The lowest BCUT2D eigenvalue weighted by Gasteiger charge is -2.37. The Morgan fingerprint density at radius 3 is 2.17 bits per heavy atom. The number of pyridine rings is 1. The molecule has 0 radical (unpaired) electrons. The van der Waals surface area contributed by atoms with Crippen LogP contribution < -0.4 is 9.64 Å². The van der Waals surface area contributed by atoms with Crippen LogP contribution in [0.3, 0.4) is 0 Å². The number of hydrogen-bond acceptors (Lipinski definition) is 3. The van der Waals surface area contributed by atoms with Gasteiger partial charge in [0.2, 0.25) is 0 Å². The Labute approximate surface area is 211 Å². The lowest BCUT2D eigenvalue weighted by Crippen LogP contribution is -2.37. The Morgan fingerprint density at radius 1 is 0.944 bits per heavy atom. The van der Waals surface area contributed by atoms with Gasteiger partial charge in [-0.3, -0.25) is 4.98 Å². The first kappa shape index (κ1) is 24.7. The summed E-state index contributed by atoms with van der Waals surface area (Å²) < 4.78 is 47.0. The molecule has 0 atom stereocenters. The number of hydrogen-bond donors (Lipinski definition) is 0. The molecule has 1 aliphatic heterocycles. The van der Waals surface area contributed by atoms with Crippen LogP contribution in [0.25, 0.3) is 11.1 Å². The van der Waals surface area contributed by atoms with Crippen molar-refractivity contribution in [2.45, 2.75) is 58.8 Å². The number of ether oxygens (including phenoxy) is 1. The van der Waals surface area contributed by atoms with Gasteiger partial charge in [-0.25, -0.2) is 13.2 Å². The van der Waals surface area contributed by atoms with E-state index in [9.17, 15) is 13.2 Å². The van der Waals surface area contributed by atoms with Crippen molar-refractivity contribution >= 4 is 5.69 Å². The molecule has 1 aromatic heterocycles. The van der Waals surface area contributed by atoms with E-state index in [0.717, 1.165) is 45.9 Å². The smallest absolute Gasteiger partial charge is 0.254 e. The first-order valence-corrected chi connectivity index (χ1v) is 12.8. The van der Waals surface area contributed by atoms with E-state index in [1.807, 2.05) is 26.0 Å². The van der Waals surface area contributed by atoms with Crippen LogP contribution >= 0.6 is 0 Å². The summed E-state index contributed by atoms with van der Waals surface area (Å²) in [5, 5.41) is 0. The summed E-state index contributed by atoms with van der Waals surface area (Å²) >= 11 is 0. The van der Waals surface area contributed by atoms with Crippen molar-refractivity contribution in [3.05, 3.63) is 76.9 Å². The van der Waals surface area contributed by atoms with E-state index in [4.69, 9.17) is 9.72 Å². The minimum atomic E-state index is -2.49. The van der Waals surface area contributed by atoms with Crippen LogP contribution in [0.2, 0.25) is 0 Å². The molecule has 2 aliphatic rings. The molecule has 3 aromatic rings. The van der Waals surface area contributed by atoms with Crippen molar-refractivity contribution in [2.24, 2.45) is 5.41 Å². The number of alkyl halides is 2. The zero-order valence-electron chi connectivity index (χ0n) is 21.2. The highest BCUT2D eigenvalue weighted by atomic mass is 19.3. The van der Waals surface area contributed by atoms with E-state index in [1.54, 1.807) is 12.1 Å². The van der Waals surface area contributed by atoms with Crippen LogP contribution in [0, 0.1) is 25.1 Å². The maximum Gasteiger partial charge on any atom is 0.254 e. The summed E-state index contributed by atoms with van der Waals surface area (Å²) in [7, 11) is 0. The molecule has 2 aromatic carbocycles. The van der Waals surface area contributed by atoms with Crippen molar-refractivity contribution in [1.29, 1.82) is 0 Å². The van der Waals surface area contributed by atoms with Gasteiger partial charge in [-0.1, -0.05) is 31.2 Å². The number of nitrogens with zero attached hydrogens (tertiary/aromatic N) is 2. The summed E-state index contributed by atoms with van der Waals surface area (Å²) in [6.07, 6.45) is 2.64. The lowest BCUT2D eigenvalue weighted by molar-refractivity contribution is 0.0537. The van der Waals surface area contributed by atoms with Crippen molar-refractivity contribution in [1.82, 2.24) is 4.98 Å². The molecular formula is C30H33F3N2O. The van der Waals surface area contributed by atoms with Gasteiger partial charge in [0.05, 0.1) is 12.3 Å². The molecule has 5 rings (SSSR count). The van der Waals surface area contributed by atoms with Gasteiger partial charge in [0.25, 0.3) is 5.92 Å². The third-order valence-electron chi connectivity index (χ3n) is 7.97. The van der Waals surface area contributed by atoms with Crippen molar-refractivity contribution < 1.29 is 17.9 Å². The summed E-state index contributed by atoms with van der Waals surface area (Å²) in [5.74, 6) is -1.96. The maximum atomic E-state index is 14.0. The fraction of sp³-hybridized carbons (Fsp3) is 0.433. The molecule has 0 amide bonds. The van der Waals surface area contributed by atoms with Gasteiger partial charge < -0.3 is 9.64 Å². The van der Waals surface area contributed by atoms with Crippen LogP contribution in [0.5, 0.6) is 5.75 Å². The molecule has 36 heavy (non-hydrogen) atoms. The molecule has 0 bridgehead atoms. The van der Waals surface area contributed by atoms with E-state index < -0.39 is 11.3 Å². The third kappa shape index (κ3) is 4.58. The lowest BCUT2D eigenvalue weighted by atomic mass is 9.89. The summed E-state index contributed by atoms with van der Waals surface area (Å²) in [4.78, 5) is 7.16. The van der Waals surface area contributed by atoms with E-state index in [1.165, 1.54) is 17.7 Å². The standard InChI is InChI=1S/C30H33F3N2O/c1-4-26-20(2)34-21(3)27(28(26)35-16-14-29(15-17-35)19-30(29,32)33)23-7-11-25(12-8-23)36-18-13-22-5-9-24(31)10-6-22/h5-12H,4,13-19H2,1-3H3. The van der Waals surface area contributed by atoms with Gasteiger partial charge in [-0.15, -0.1) is 0 Å². The zero-order chi connectivity index (χ0) is 25.5. The number of aromatic nitrogens is 1. The first-order chi connectivity index (χ1) is 17.2. The number of anilines is 1. The van der Waals surface area contributed by atoms with Crippen molar-refractivity contribution in [2.75, 3.05) is 24.6 Å². The SMILES string of the molecule is CCc1c(C)nc(C)c(-c2ccc(OCCc3ccc(F)cc3)cc2)c1N1CCC2(CC1)CC2(F)F. The van der Waals surface area contributed by atoms with Crippen LogP contribution in [0.1, 0.15) is 48.7 Å². The minimum Gasteiger partial charge on any atom is -0.493 e. The second-order valence-corrected chi connectivity index (χ2v) is 10.2. The second kappa shape index (κ2) is 9.45. The molecule has 6 heteroatoms. The summed E-state index contributed by atoms with van der Waals surface area (Å²) in [6.45, 7) is 7.98. The fourth-order valence-electron chi connectivity index (χ4n) is 5.72. The fourth-order valence-corrected chi connectivity index (χ4v) is 5.72. The molecule has 0 unspecified atom stereocenters. The van der Waals surface area contributed by atoms with Crippen molar-refractivity contribution in [3.8, 4) is 16.9 Å². The zero-order valence-corrected chi connectivity index (χ0v) is 21.2. The molecule has 3 nitrogen and oxygen atoms in total. The van der Waals surface area contributed by atoms with Gasteiger partial charge in [0, 0.05) is 48.3 Å². The Morgan fingerprint density at radius 2 is 1.58 bits per heavy atom. The Bertz CT molecular complexity index is 1230. The predicted molar refractivity (Wildman–Crippen MR) is 138 cm³/mol. The van der Waals surface area contributed by atoms with Gasteiger partial charge in [-0.2, -0.15) is 0 Å². The summed E-state index contributed by atoms with van der Waals surface area (Å²) in [5.41, 5.74) is 6.66. The van der Waals surface area contributed by atoms with Crippen LogP contribution in [-0.4, -0.2) is 30.6 Å². The monoisotopic (exact) mass is 494 g/mol. The van der Waals surface area contributed by atoms with Gasteiger partial charge in [-0.05, 0) is 74.1 Å².